The van der Waals surface area contributed by atoms with Crippen molar-refractivity contribution in [3.8, 4) is 11.5 Å². The lowest BCUT2D eigenvalue weighted by Crippen LogP contribution is -2.22. The molecule has 1 rings (SSSR count). The fraction of sp³-hybridized carbons (Fsp3) is 0.500. The number of hydrogen-bond acceptors (Lipinski definition) is 6. The van der Waals surface area contributed by atoms with Gasteiger partial charge in [0.05, 0.1) is 20.6 Å². The van der Waals surface area contributed by atoms with Crippen molar-refractivity contribution in [1.29, 1.82) is 0 Å². The summed E-state index contributed by atoms with van der Waals surface area (Å²) in [6.07, 6.45) is 3.16. The van der Waals surface area contributed by atoms with Gasteiger partial charge in [0.15, 0.2) is 0 Å². The van der Waals surface area contributed by atoms with Gasteiger partial charge >= 0.3 is 11.9 Å². The number of ether oxygens (including phenoxy) is 4. The zero-order valence-corrected chi connectivity index (χ0v) is 16.3. The van der Waals surface area contributed by atoms with Crippen LogP contribution >= 0.6 is 0 Å². The van der Waals surface area contributed by atoms with Crippen LogP contribution in [-0.4, -0.2) is 37.9 Å². The van der Waals surface area contributed by atoms with Crippen LogP contribution in [0.15, 0.2) is 30.4 Å². The second-order valence-electron chi connectivity index (χ2n) is 6.87. The topological polar surface area (TPSA) is 71.1 Å². The van der Waals surface area contributed by atoms with E-state index < -0.39 is 11.6 Å². The molecule has 1 atom stereocenters. The Bertz CT molecular complexity index is 620. The van der Waals surface area contributed by atoms with Gasteiger partial charge < -0.3 is 18.9 Å². The Hall–Kier alpha value is -2.50. The van der Waals surface area contributed by atoms with Gasteiger partial charge in [-0.3, -0.25) is 4.79 Å². The standard InChI is InChI=1S/C20H28O6/c1-14(8-7-9-18(21)26-20(2,3)4)25-19(22)12-15-10-16(23-5)13-17(11-15)24-6/h7,9-11,13-14H,8,12H2,1-6H3/b9-7+/t14-/m1/s1. The van der Waals surface area contributed by atoms with Gasteiger partial charge in [-0.1, -0.05) is 6.08 Å². The van der Waals surface area contributed by atoms with E-state index in [0.717, 1.165) is 5.56 Å². The lowest BCUT2D eigenvalue weighted by molar-refractivity contribution is -0.148. The largest absolute Gasteiger partial charge is 0.497 e. The molecular formula is C20H28O6. The van der Waals surface area contributed by atoms with Crippen molar-refractivity contribution < 1.29 is 28.5 Å². The summed E-state index contributed by atoms with van der Waals surface area (Å²) >= 11 is 0. The smallest absolute Gasteiger partial charge is 0.330 e. The first kappa shape index (κ1) is 21.5. The van der Waals surface area contributed by atoms with Crippen LogP contribution in [0, 0.1) is 0 Å². The van der Waals surface area contributed by atoms with Crippen LogP contribution in [0.2, 0.25) is 0 Å². The first-order valence-corrected chi connectivity index (χ1v) is 8.44. The van der Waals surface area contributed by atoms with Gasteiger partial charge in [0.25, 0.3) is 0 Å². The molecule has 144 valence electrons. The van der Waals surface area contributed by atoms with Gasteiger partial charge in [-0.15, -0.1) is 0 Å². The van der Waals surface area contributed by atoms with Gasteiger partial charge in [0.2, 0.25) is 0 Å². The molecule has 0 unspecified atom stereocenters. The van der Waals surface area contributed by atoms with Crippen LogP contribution in [0.4, 0.5) is 0 Å². The molecule has 0 N–H and O–H groups in total. The summed E-state index contributed by atoms with van der Waals surface area (Å²) in [6, 6.07) is 5.26. The first-order valence-electron chi connectivity index (χ1n) is 8.44. The zero-order chi connectivity index (χ0) is 19.7. The van der Waals surface area contributed by atoms with E-state index in [9.17, 15) is 9.59 Å². The summed E-state index contributed by atoms with van der Waals surface area (Å²) in [6.45, 7) is 7.17. The predicted octanol–water partition coefficient (Wildman–Crippen LogP) is 3.47. The Morgan fingerprint density at radius 1 is 1.08 bits per heavy atom. The fourth-order valence-electron chi connectivity index (χ4n) is 2.14. The van der Waals surface area contributed by atoms with E-state index in [0.29, 0.717) is 17.9 Å². The van der Waals surface area contributed by atoms with Crippen LogP contribution in [0.3, 0.4) is 0 Å². The molecule has 0 saturated heterocycles. The highest BCUT2D eigenvalue weighted by atomic mass is 16.6. The molecule has 0 amide bonds. The van der Waals surface area contributed by atoms with Gasteiger partial charge in [0, 0.05) is 18.6 Å². The van der Waals surface area contributed by atoms with Crippen molar-refractivity contribution in [3.05, 3.63) is 35.9 Å². The quantitative estimate of drug-likeness (QED) is 0.520. The van der Waals surface area contributed by atoms with Crippen molar-refractivity contribution in [1.82, 2.24) is 0 Å². The Labute approximate surface area is 155 Å². The monoisotopic (exact) mass is 364 g/mol. The zero-order valence-electron chi connectivity index (χ0n) is 16.3. The molecule has 0 bridgehead atoms. The first-order chi connectivity index (χ1) is 12.1. The maximum absolute atomic E-state index is 12.1. The highest BCUT2D eigenvalue weighted by Gasteiger charge is 2.14. The Balaban J connectivity index is 2.51. The van der Waals surface area contributed by atoms with Gasteiger partial charge in [-0.05, 0) is 45.4 Å². The average molecular weight is 364 g/mol. The van der Waals surface area contributed by atoms with Gasteiger partial charge in [-0.25, -0.2) is 4.79 Å². The third-order valence-electron chi connectivity index (χ3n) is 3.22. The fourth-order valence-corrected chi connectivity index (χ4v) is 2.14. The van der Waals surface area contributed by atoms with Crippen LogP contribution in [0.5, 0.6) is 11.5 Å². The molecular weight excluding hydrogens is 336 g/mol. The minimum absolute atomic E-state index is 0.105. The molecule has 0 heterocycles. The molecule has 0 aliphatic heterocycles. The summed E-state index contributed by atoms with van der Waals surface area (Å²) < 4.78 is 20.9. The summed E-state index contributed by atoms with van der Waals surface area (Å²) in [5.74, 6) is 0.443. The molecule has 1 aromatic carbocycles. The van der Waals surface area contributed by atoms with Crippen LogP contribution in [-0.2, 0) is 25.5 Å². The van der Waals surface area contributed by atoms with E-state index in [1.807, 2.05) is 0 Å². The highest BCUT2D eigenvalue weighted by molar-refractivity contribution is 5.82. The number of rotatable bonds is 8. The number of carbonyl (C=O) groups is 2. The minimum Gasteiger partial charge on any atom is -0.497 e. The number of methoxy groups -OCH3 is 2. The maximum Gasteiger partial charge on any atom is 0.330 e. The molecule has 6 heteroatoms. The van der Waals surface area contributed by atoms with E-state index in [2.05, 4.69) is 0 Å². The Kier molecular flexibility index (Phi) is 8.16. The van der Waals surface area contributed by atoms with Crippen molar-refractivity contribution in [2.45, 2.75) is 52.2 Å². The number of esters is 2. The summed E-state index contributed by atoms with van der Waals surface area (Å²) in [4.78, 5) is 23.7. The molecule has 0 aliphatic carbocycles. The van der Waals surface area contributed by atoms with Crippen LogP contribution < -0.4 is 9.47 Å². The van der Waals surface area contributed by atoms with Gasteiger partial charge in [0.1, 0.15) is 23.2 Å². The summed E-state index contributed by atoms with van der Waals surface area (Å²) in [5, 5.41) is 0. The SMILES string of the molecule is COc1cc(CC(=O)O[C@H](C)C/C=C/C(=O)OC(C)(C)C)cc(OC)c1. The Morgan fingerprint density at radius 2 is 1.65 bits per heavy atom. The van der Waals surface area contributed by atoms with E-state index in [1.165, 1.54) is 6.08 Å². The molecule has 0 aliphatic rings. The predicted molar refractivity (Wildman–Crippen MR) is 98.4 cm³/mol. The Morgan fingerprint density at radius 3 is 2.15 bits per heavy atom. The minimum atomic E-state index is -0.530. The summed E-state index contributed by atoms with van der Waals surface area (Å²) in [5.41, 5.74) is 0.208. The lowest BCUT2D eigenvalue weighted by atomic mass is 10.1. The molecule has 6 nitrogen and oxygen atoms in total. The van der Waals surface area contributed by atoms with Crippen LogP contribution in [0.1, 0.15) is 39.7 Å². The van der Waals surface area contributed by atoms with Crippen molar-refractivity contribution in [3.63, 3.8) is 0 Å². The summed E-state index contributed by atoms with van der Waals surface area (Å²) in [7, 11) is 3.10. The molecule has 0 fully saturated rings. The highest BCUT2D eigenvalue weighted by Crippen LogP contribution is 2.23. The molecule has 26 heavy (non-hydrogen) atoms. The number of carbonyl (C=O) groups excluding carboxylic acids is 2. The third kappa shape index (κ3) is 8.55. The van der Waals surface area contributed by atoms with Gasteiger partial charge in [-0.2, -0.15) is 0 Å². The van der Waals surface area contributed by atoms with Crippen LogP contribution in [0.25, 0.3) is 0 Å². The molecule has 0 radical (unpaired) electrons. The second kappa shape index (κ2) is 9.85. The average Bonchev–Trinajstić information content (AvgIpc) is 2.52. The van der Waals surface area contributed by atoms with Crippen molar-refractivity contribution >= 4 is 11.9 Å². The maximum atomic E-state index is 12.1. The molecule has 0 aromatic heterocycles. The van der Waals surface area contributed by atoms with E-state index in [4.69, 9.17) is 18.9 Å². The van der Waals surface area contributed by atoms with Crippen molar-refractivity contribution in [2.24, 2.45) is 0 Å². The van der Waals surface area contributed by atoms with Crippen molar-refractivity contribution in [2.75, 3.05) is 14.2 Å². The number of hydrogen-bond donors (Lipinski definition) is 0. The third-order valence-corrected chi connectivity index (χ3v) is 3.22. The van der Waals surface area contributed by atoms with E-state index >= 15 is 0 Å². The van der Waals surface area contributed by atoms with E-state index in [1.54, 1.807) is 66.2 Å². The second-order valence-corrected chi connectivity index (χ2v) is 6.87. The molecule has 0 saturated carbocycles. The molecule has 0 spiro atoms. The molecule has 1 aromatic rings. The lowest BCUT2D eigenvalue weighted by Gasteiger charge is -2.18. The van der Waals surface area contributed by atoms with E-state index in [-0.39, 0.29) is 18.5 Å². The number of benzene rings is 1. The normalized spacial score (nSPS) is 12.5.